The number of hydrogen-bond donors (Lipinski definition) is 0. The number of carbonyl (C=O) groups excluding carboxylic acids is 1. The SMILES string of the molecule is C=CC(=O)OCCC[Si](OCC)(c1ccccc1)c1ccccc1. The molecule has 0 N–H and O–H groups in total. The second-order valence-electron chi connectivity index (χ2n) is 5.47. The van der Waals surface area contributed by atoms with Crippen LogP contribution in [0.15, 0.2) is 73.3 Å². The molecule has 0 aliphatic heterocycles. The highest BCUT2D eigenvalue weighted by Crippen LogP contribution is 2.16. The maximum absolute atomic E-state index is 11.2. The molecule has 4 heteroatoms. The van der Waals surface area contributed by atoms with Crippen LogP contribution in [0, 0.1) is 0 Å². The largest absolute Gasteiger partial charge is 0.463 e. The van der Waals surface area contributed by atoms with Crippen molar-refractivity contribution >= 4 is 24.7 Å². The molecule has 0 saturated heterocycles. The highest BCUT2D eigenvalue weighted by Gasteiger charge is 2.38. The zero-order valence-electron chi connectivity index (χ0n) is 14.1. The number of ether oxygens (including phenoxy) is 1. The fourth-order valence-corrected chi connectivity index (χ4v) is 6.89. The normalized spacial score (nSPS) is 11.0. The van der Waals surface area contributed by atoms with Gasteiger partial charge in [-0.2, -0.15) is 0 Å². The van der Waals surface area contributed by atoms with Gasteiger partial charge in [-0.15, -0.1) is 0 Å². The third-order valence-electron chi connectivity index (χ3n) is 3.96. The molecule has 24 heavy (non-hydrogen) atoms. The summed E-state index contributed by atoms with van der Waals surface area (Å²) in [7, 11) is -2.35. The van der Waals surface area contributed by atoms with E-state index in [1.54, 1.807) is 0 Å². The van der Waals surface area contributed by atoms with Crippen LogP contribution in [-0.4, -0.2) is 27.5 Å². The smallest absolute Gasteiger partial charge is 0.330 e. The minimum absolute atomic E-state index is 0.377. The van der Waals surface area contributed by atoms with E-state index < -0.39 is 8.32 Å². The fourth-order valence-electron chi connectivity index (χ4n) is 2.91. The van der Waals surface area contributed by atoms with Gasteiger partial charge >= 0.3 is 5.97 Å². The van der Waals surface area contributed by atoms with Crippen molar-refractivity contribution in [2.75, 3.05) is 13.2 Å². The lowest BCUT2D eigenvalue weighted by Crippen LogP contribution is -2.60. The van der Waals surface area contributed by atoms with Crippen LogP contribution >= 0.6 is 0 Å². The first-order valence-corrected chi connectivity index (χ1v) is 10.4. The summed E-state index contributed by atoms with van der Waals surface area (Å²) < 4.78 is 11.6. The average Bonchev–Trinajstić information content (AvgIpc) is 2.65. The van der Waals surface area contributed by atoms with Crippen molar-refractivity contribution in [3.05, 3.63) is 73.3 Å². The number of benzene rings is 2. The number of rotatable bonds is 9. The Balaban J connectivity index is 2.29. The Labute approximate surface area is 145 Å². The molecule has 0 aromatic heterocycles. The van der Waals surface area contributed by atoms with Crippen LogP contribution in [0.25, 0.3) is 0 Å². The van der Waals surface area contributed by atoms with E-state index in [1.165, 1.54) is 16.4 Å². The molecule has 0 fully saturated rings. The van der Waals surface area contributed by atoms with Crippen LogP contribution in [-0.2, 0) is 14.0 Å². The summed E-state index contributed by atoms with van der Waals surface area (Å²) in [5.74, 6) is -0.377. The molecule has 0 saturated carbocycles. The van der Waals surface area contributed by atoms with E-state index in [4.69, 9.17) is 9.16 Å². The Morgan fingerprint density at radius 2 is 1.58 bits per heavy atom. The number of hydrogen-bond acceptors (Lipinski definition) is 3. The first-order valence-electron chi connectivity index (χ1n) is 8.27. The Bertz CT molecular complexity index is 601. The lowest BCUT2D eigenvalue weighted by Gasteiger charge is -2.32. The van der Waals surface area contributed by atoms with Gasteiger partial charge in [0.1, 0.15) is 0 Å². The molecule has 0 aliphatic carbocycles. The van der Waals surface area contributed by atoms with Gasteiger partial charge < -0.3 is 9.16 Å². The van der Waals surface area contributed by atoms with Gasteiger partial charge in [0, 0.05) is 12.7 Å². The van der Waals surface area contributed by atoms with Gasteiger partial charge in [-0.3, -0.25) is 0 Å². The highest BCUT2D eigenvalue weighted by molar-refractivity contribution is 6.97. The quantitative estimate of drug-likeness (QED) is 0.305. The van der Waals surface area contributed by atoms with Gasteiger partial charge in [0.2, 0.25) is 0 Å². The van der Waals surface area contributed by atoms with Gasteiger partial charge in [-0.1, -0.05) is 67.2 Å². The van der Waals surface area contributed by atoms with E-state index in [2.05, 4.69) is 55.1 Å². The zero-order chi connectivity index (χ0) is 17.3. The summed E-state index contributed by atoms with van der Waals surface area (Å²) in [6.45, 7) is 6.49. The van der Waals surface area contributed by atoms with Crippen LogP contribution in [0.2, 0.25) is 6.04 Å². The van der Waals surface area contributed by atoms with Crippen molar-refractivity contribution in [3.8, 4) is 0 Å². The lowest BCUT2D eigenvalue weighted by molar-refractivity contribution is -0.137. The molecular weight excluding hydrogens is 316 g/mol. The predicted octanol–water partition coefficient (Wildman–Crippen LogP) is 2.90. The minimum atomic E-state index is -2.35. The van der Waals surface area contributed by atoms with Crippen LogP contribution in [0.1, 0.15) is 13.3 Å². The Kier molecular flexibility index (Phi) is 6.97. The molecule has 2 aromatic carbocycles. The molecule has 126 valence electrons. The molecule has 0 radical (unpaired) electrons. The molecule has 3 nitrogen and oxygen atoms in total. The maximum Gasteiger partial charge on any atom is 0.330 e. The average molecular weight is 340 g/mol. The molecule has 2 rings (SSSR count). The standard InChI is InChI=1S/C20H24O3Si/c1-3-20(21)22-16-11-17-24(23-4-2,18-12-7-5-8-13-18)19-14-9-6-10-15-19/h3,5-10,12-15H,1,4,11,16-17H2,2H3. The summed E-state index contributed by atoms with van der Waals surface area (Å²) in [4.78, 5) is 11.2. The van der Waals surface area contributed by atoms with E-state index in [1.807, 2.05) is 19.1 Å². The molecule has 0 bridgehead atoms. The van der Waals surface area contributed by atoms with Crippen molar-refractivity contribution in [3.63, 3.8) is 0 Å². The van der Waals surface area contributed by atoms with Crippen LogP contribution in [0.5, 0.6) is 0 Å². The monoisotopic (exact) mass is 340 g/mol. The Morgan fingerprint density at radius 1 is 1.04 bits per heavy atom. The molecule has 0 atom stereocenters. The minimum Gasteiger partial charge on any atom is -0.463 e. The molecule has 0 aliphatic rings. The van der Waals surface area contributed by atoms with Gasteiger partial charge in [-0.25, -0.2) is 4.79 Å². The van der Waals surface area contributed by atoms with Crippen LogP contribution in [0.4, 0.5) is 0 Å². The lowest BCUT2D eigenvalue weighted by atomic mass is 10.4. The first-order chi connectivity index (χ1) is 11.7. The Morgan fingerprint density at radius 3 is 2.04 bits per heavy atom. The summed E-state index contributed by atoms with van der Waals surface area (Å²) >= 11 is 0. The van der Waals surface area contributed by atoms with Gasteiger partial charge in [0.25, 0.3) is 8.32 Å². The van der Waals surface area contributed by atoms with Gasteiger partial charge in [0.15, 0.2) is 0 Å². The molecule has 0 spiro atoms. The van der Waals surface area contributed by atoms with E-state index in [0.29, 0.717) is 13.2 Å². The number of carbonyl (C=O) groups is 1. The molecule has 0 heterocycles. The second kappa shape index (κ2) is 9.20. The third-order valence-corrected chi connectivity index (χ3v) is 8.33. The summed E-state index contributed by atoms with van der Waals surface area (Å²) in [5, 5.41) is 2.49. The fraction of sp³-hybridized carbons (Fsp3) is 0.250. The zero-order valence-corrected chi connectivity index (χ0v) is 15.1. The van der Waals surface area contributed by atoms with E-state index in [-0.39, 0.29) is 5.97 Å². The summed E-state index contributed by atoms with van der Waals surface area (Å²) in [5.41, 5.74) is 0. The highest BCUT2D eigenvalue weighted by atomic mass is 28.4. The molecule has 2 aromatic rings. The second-order valence-corrected chi connectivity index (χ2v) is 9.06. The van der Waals surface area contributed by atoms with Gasteiger partial charge in [0.05, 0.1) is 6.61 Å². The van der Waals surface area contributed by atoms with E-state index >= 15 is 0 Å². The third kappa shape index (κ3) is 4.43. The van der Waals surface area contributed by atoms with Crippen molar-refractivity contribution in [1.82, 2.24) is 0 Å². The molecular formula is C20H24O3Si. The van der Waals surface area contributed by atoms with Crippen molar-refractivity contribution in [2.24, 2.45) is 0 Å². The Hall–Kier alpha value is -2.17. The van der Waals surface area contributed by atoms with Gasteiger partial charge in [-0.05, 0) is 29.8 Å². The predicted molar refractivity (Wildman–Crippen MR) is 100 cm³/mol. The number of esters is 1. The first kappa shape index (κ1) is 18.2. The van der Waals surface area contributed by atoms with Crippen molar-refractivity contribution < 1.29 is 14.0 Å². The summed E-state index contributed by atoms with van der Waals surface area (Å²) in [6.07, 6.45) is 1.96. The van der Waals surface area contributed by atoms with Crippen LogP contribution < -0.4 is 10.4 Å². The van der Waals surface area contributed by atoms with Crippen LogP contribution in [0.3, 0.4) is 0 Å². The summed E-state index contributed by atoms with van der Waals surface area (Å²) in [6, 6.07) is 21.7. The topological polar surface area (TPSA) is 35.5 Å². The van der Waals surface area contributed by atoms with Crippen molar-refractivity contribution in [2.45, 2.75) is 19.4 Å². The van der Waals surface area contributed by atoms with Crippen molar-refractivity contribution in [1.29, 1.82) is 0 Å². The molecule has 0 unspecified atom stereocenters. The van der Waals surface area contributed by atoms with E-state index in [9.17, 15) is 4.79 Å². The molecule has 0 amide bonds. The van der Waals surface area contributed by atoms with E-state index in [0.717, 1.165) is 12.5 Å². The maximum atomic E-state index is 11.2.